The van der Waals surface area contributed by atoms with Gasteiger partial charge in [-0.05, 0) is 45.0 Å². The molecular weight excluding hydrogens is 392 g/mol. The predicted octanol–water partition coefficient (Wildman–Crippen LogP) is 2.40. The number of rotatable bonds is 9. The lowest BCUT2D eigenvalue weighted by atomic mass is 10.2. The zero-order chi connectivity index (χ0) is 21.4. The molecule has 0 spiro atoms. The fraction of sp³-hybridized carbons (Fsp3) is 0.421. The van der Waals surface area contributed by atoms with Gasteiger partial charge < -0.3 is 20.1 Å². The molecule has 0 bridgehead atoms. The monoisotopic (exact) mass is 418 g/mol. The minimum atomic E-state index is -0.289. The Balaban J connectivity index is 1.87. The number of anilines is 2. The third-order valence-electron chi connectivity index (χ3n) is 3.98. The van der Waals surface area contributed by atoms with E-state index in [0.717, 1.165) is 0 Å². The van der Waals surface area contributed by atoms with Gasteiger partial charge in [0.2, 0.25) is 17.7 Å². The van der Waals surface area contributed by atoms with Crippen LogP contribution in [0.1, 0.15) is 33.7 Å². The summed E-state index contributed by atoms with van der Waals surface area (Å²) in [6, 6.07) is 6.97. The van der Waals surface area contributed by atoms with E-state index < -0.39 is 0 Å². The van der Waals surface area contributed by atoms with E-state index in [1.807, 2.05) is 25.3 Å². The Morgan fingerprint density at radius 1 is 1.14 bits per heavy atom. The van der Waals surface area contributed by atoms with Gasteiger partial charge in [-0.25, -0.2) is 0 Å². The van der Waals surface area contributed by atoms with E-state index in [4.69, 9.17) is 0 Å². The zero-order valence-corrected chi connectivity index (χ0v) is 17.8. The molecule has 156 valence electrons. The van der Waals surface area contributed by atoms with Crippen molar-refractivity contribution >= 4 is 40.9 Å². The van der Waals surface area contributed by atoms with Crippen molar-refractivity contribution in [1.82, 2.24) is 19.7 Å². The molecule has 2 rings (SSSR count). The van der Waals surface area contributed by atoms with Gasteiger partial charge in [0, 0.05) is 30.9 Å². The third-order valence-corrected chi connectivity index (χ3v) is 4.92. The summed E-state index contributed by atoms with van der Waals surface area (Å²) in [5, 5.41) is 14.0. The van der Waals surface area contributed by atoms with Gasteiger partial charge in [-0.15, -0.1) is 10.2 Å². The van der Waals surface area contributed by atoms with Gasteiger partial charge in [0.15, 0.2) is 5.16 Å². The van der Waals surface area contributed by atoms with Gasteiger partial charge in [0.1, 0.15) is 6.33 Å². The Morgan fingerprint density at radius 2 is 1.76 bits per heavy atom. The first-order valence-corrected chi connectivity index (χ1v) is 10.3. The number of thioether (sulfide) groups is 1. The van der Waals surface area contributed by atoms with E-state index in [1.165, 1.54) is 23.6 Å². The molecule has 0 fully saturated rings. The van der Waals surface area contributed by atoms with Gasteiger partial charge in [-0.1, -0.05) is 11.8 Å². The van der Waals surface area contributed by atoms with Gasteiger partial charge >= 0.3 is 0 Å². The molecule has 0 unspecified atom stereocenters. The van der Waals surface area contributed by atoms with Crippen molar-refractivity contribution in [3.05, 3.63) is 30.6 Å². The normalized spacial score (nSPS) is 10.7. The number of nitrogens with zero attached hydrogens (tertiary/aromatic N) is 4. The van der Waals surface area contributed by atoms with E-state index in [0.29, 0.717) is 23.1 Å². The molecule has 0 aliphatic carbocycles. The molecule has 2 N–H and O–H groups in total. The molecule has 3 amide bonds. The maximum absolute atomic E-state index is 12.5. The summed E-state index contributed by atoms with van der Waals surface area (Å²) in [6.45, 7) is 7.67. The lowest BCUT2D eigenvalue weighted by Gasteiger charge is -2.20. The molecule has 10 heteroatoms. The molecule has 0 saturated carbocycles. The summed E-state index contributed by atoms with van der Waals surface area (Å²) in [6.07, 6.45) is 1.64. The number of nitrogens with one attached hydrogen (secondary N) is 2. The minimum Gasteiger partial charge on any atom is -0.333 e. The van der Waals surface area contributed by atoms with Crippen LogP contribution < -0.4 is 10.6 Å². The van der Waals surface area contributed by atoms with Crippen molar-refractivity contribution in [1.29, 1.82) is 0 Å². The Morgan fingerprint density at radius 3 is 2.31 bits per heavy atom. The molecule has 0 saturated heterocycles. The molecule has 0 aliphatic heterocycles. The smallest absolute Gasteiger partial charge is 0.243 e. The molecule has 1 aromatic carbocycles. The number of hydrogen-bond acceptors (Lipinski definition) is 6. The van der Waals surface area contributed by atoms with Crippen molar-refractivity contribution in [2.45, 2.75) is 38.9 Å². The van der Waals surface area contributed by atoms with Crippen molar-refractivity contribution in [2.75, 3.05) is 29.5 Å². The summed E-state index contributed by atoms with van der Waals surface area (Å²) in [5.74, 6) is -0.420. The summed E-state index contributed by atoms with van der Waals surface area (Å²) in [7, 11) is 0. The number of likely N-dealkylation sites (N-methyl/N-ethyl adjacent to an activating group) is 1. The fourth-order valence-electron chi connectivity index (χ4n) is 2.50. The van der Waals surface area contributed by atoms with Crippen LogP contribution in [0.5, 0.6) is 0 Å². The van der Waals surface area contributed by atoms with Crippen LogP contribution in [0.2, 0.25) is 0 Å². The average molecular weight is 419 g/mol. The van der Waals surface area contributed by atoms with Gasteiger partial charge in [0.05, 0.1) is 12.3 Å². The Hall–Kier alpha value is -2.88. The van der Waals surface area contributed by atoms with Crippen LogP contribution in [0.15, 0.2) is 35.7 Å². The standard InChI is InChI=1S/C19H26N6O3S/c1-5-24(18(28)11-29-19-23-20-12-25(19)13(2)3)10-17(27)22-16-8-6-15(7-9-16)21-14(4)26/h6-9,12-13H,5,10-11H2,1-4H3,(H,21,26)(H,22,27). The molecule has 9 nitrogen and oxygen atoms in total. The van der Waals surface area contributed by atoms with Crippen molar-refractivity contribution < 1.29 is 14.4 Å². The van der Waals surface area contributed by atoms with Crippen LogP contribution in [-0.2, 0) is 14.4 Å². The number of carbonyl (C=O) groups is 3. The van der Waals surface area contributed by atoms with Crippen molar-refractivity contribution in [3.63, 3.8) is 0 Å². The third kappa shape index (κ3) is 6.90. The number of benzene rings is 1. The first-order chi connectivity index (χ1) is 13.8. The van der Waals surface area contributed by atoms with Crippen LogP contribution in [0, 0.1) is 0 Å². The predicted molar refractivity (Wildman–Crippen MR) is 113 cm³/mol. The number of amides is 3. The molecule has 1 heterocycles. The zero-order valence-electron chi connectivity index (χ0n) is 17.0. The molecular formula is C19H26N6O3S. The summed E-state index contributed by atoms with van der Waals surface area (Å²) < 4.78 is 1.89. The summed E-state index contributed by atoms with van der Waals surface area (Å²) >= 11 is 1.30. The van der Waals surface area contributed by atoms with Gasteiger partial charge in [0.25, 0.3) is 0 Å². The molecule has 29 heavy (non-hydrogen) atoms. The average Bonchev–Trinajstić information content (AvgIpc) is 3.14. The highest BCUT2D eigenvalue weighted by Gasteiger charge is 2.18. The van der Waals surface area contributed by atoms with Crippen LogP contribution in [0.25, 0.3) is 0 Å². The highest BCUT2D eigenvalue weighted by molar-refractivity contribution is 7.99. The fourth-order valence-corrected chi connectivity index (χ4v) is 3.44. The Kier molecular flexibility index (Phi) is 8.20. The minimum absolute atomic E-state index is 0.0415. The topological polar surface area (TPSA) is 109 Å². The first-order valence-electron chi connectivity index (χ1n) is 9.27. The van der Waals surface area contributed by atoms with E-state index in [2.05, 4.69) is 20.8 Å². The molecule has 0 radical (unpaired) electrons. The number of hydrogen-bond donors (Lipinski definition) is 2. The second-order valence-electron chi connectivity index (χ2n) is 6.62. The Bertz CT molecular complexity index is 850. The highest BCUT2D eigenvalue weighted by Crippen LogP contribution is 2.19. The second-order valence-corrected chi connectivity index (χ2v) is 7.56. The SMILES string of the molecule is CCN(CC(=O)Nc1ccc(NC(C)=O)cc1)C(=O)CSc1nncn1C(C)C. The lowest BCUT2D eigenvalue weighted by Crippen LogP contribution is -2.38. The highest BCUT2D eigenvalue weighted by atomic mass is 32.2. The van der Waals surface area contributed by atoms with Gasteiger partial charge in [-0.3, -0.25) is 14.4 Å². The van der Waals surface area contributed by atoms with Gasteiger partial charge in [-0.2, -0.15) is 0 Å². The van der Waals surface area contributed by atoms with E-state index in [-0.39, 0.29) is 36.1 Å². The summed E-state index contributed by atoms with van der Waals surface area (Å²) in [5.41, 5.74) is 1.24. The first kappa shape index (κ1) is 22.4. The molecule has 1 aromatic heterocycles. The van der Waals surface area contributed by atoms with Crippen LogP contribution >= 0.6 is 11.8 Å². The number of aromatic nitrogens is 3. The van der Waals surface area contributed by atoms with Crippen LogP contribution in [0.3, 0.4) is 0 Å². The molecule has 0 aliphatic rings. The maximum atomic E-state index is 12.5. The quantitative estimate of drug-likeness (QED) is 0.605. The maximum Gasteiger partial charge on any atom is 0.243 e. The lowest BCUT2D eigenvalue weighted by molar-refractivity contribution is -0.132. The molecule has 0 atom stereocenters. The largest absolute Gasteiger partial charge is 0.333 e. The van der Waals surface area contributed by atoms with Crippen molar-refractivity contribution in [2.24, 2.45) is 0 Å². The van der Waals surface area contributed by atoms with E-state index >= 15 is 0 Å². The Labute approximate surface area is 174 Å². The number of carbonyl (C=O) groups excluding carboxylic acids is 3. The molecule has 2 aromatic rings. The van der Waals surface area contributed by atoms with Crippen molar-refractivity contribution in [3.8, 4) is 0 Å². The van der Waals surface area contributed by atoms with Crippen LogP contribution in [-0.4, -0.2) is 56.2 Å². The van der Waals surface area contributed by atoms with E-state index in [1.54, 1.807) is 30.6 Å². The second kappa shape index (κ2) is 10.6. The summed E-state index contributed by atoms with van der Waals surface area (Å²) in [4.78, 5) is 37.4. The van der Waals surface area contributed by atoms with E-state index in [9.17, 15) is 14.4 Å². The van der Waals surface area contributed by atoms with Crippen LogP contribution in [0.4, 0.5) is 11.4 Å².